The van der Waals surface area contributed by atoms with Gasteiger partial charge in [0.25, 0.3) is 0 Å². The minimum atomic E-state index is 0.242. The number of phenolic OH excluding ortho intramolecular Hbond substituents is 1. The van der Waals surface area contributed by atoms with Crippen LogP contribution in [0.3, 0.4) is 0 Å². The third kappa shape index (κ3) is 3.87. The van der Waals surface area contributed by atoms with Gasteiger partial charge in [0.15, 0.2) is 5.78 Å². The summed E-state index contributed by atoms with van der Waals surface area (Å²) < 4.78 is 0. The molecule has 1 atom stereocenters. The normalized spacial score (nSPS) is 21.6. The Labute approximate surface area is 127 Å². The number of carbonyl (C=O) groups excluding carboxylic acids is 1. The Hall–Kier alpha value is -1.77. The largest absolute Gasteiger partial charge is 0.508 e. The van der Waals surface area contributed by atoms with Gasteiger partial charge in [0.2, 0.25) is 0 Å². The molecule has 0 aliphatic heterocycles. The molecule has 1 aliphatic rings. The van der Waals surface area contributed by atoms with Gasteiger partial charge in [-0.3, -0.25) is 4.79 Å². The average Bonchev–Trinajstić information content (AvgIpc) is 2.48. The summed E-state index contributed by atoms with van der Waals surface area (Å²) in [6.07, 6.45) is 5.47. The molecule has 1 saturated carbocycles. The van der Waals surface area contributed by atoms with Crippen molar-refractivity contribution in [2.45, 2.75) is 46.5 Å². The van der Waals surface area contributed by atoms with Crippen LogP contribution in [0.1, 0.15) is 46.5 Å². The highest BCUT2D eigenvalue weighted by Gasteiger charge is 2.33. The minimum absolute atomic E-state index is 0.242. The number of ketones is 1. The van der Waals surface area contributed by atoms with Crippen molar-refractivity contribution in [2.24, 2.45) is 11.3 Å². The van der Waals surface area contributed by atoms with Crippen LogP contribution in [0.2, 0.25) is 0 Å². The van der Waals surface area contributed by atoms with E-state index in [1.54, 1.807) is 24.3 Å². The van der Waals surface area contributed by atoms with E-state index in [1.807, 2.05) is 6.20 Å². The van der Waals surface area contributed by atoms with E-state index in [0.717, 1.165) is 30.5 Å². The lowest BCUT2D eigenvalue weighted by molar-refractivity contribution is -0.117. The second kappa shape index (κ2) is 6.33. The number of hydrogen-bond acceptors (Lipinski definition) is 3. The van der Waals surface area contributed by atoms with Crippen LogP contribution in [0.25, 0.3) is 0 Å². The summed E-state index contributed by atoms with van der Waals surface area (Å²) in [5.41, 5.74) is 2.05. The molecule has 0 radical (unpaired) electrons. The molecule has 2 rings (SSSR count). The second-order valence-corrected chi connectivity index (χ2v) is 6.57. The Balaban J connectivity index is 2.07. The third-order valence-corrected chi connectivity index (χ3v) is 4.84. The van der Waals surface area contributed by atoms with E-state index >= 15 is 0 Å². The zero-order valence-corrected chi connectivity index (χ0v) is 13.1. The molecule has 1 aromatic carbocycles. The summed E-state index contributed by atoms with van der Waals surface area (Å²) in [5, 5.41) is 12.4. The van der Waals surface area contributed by atoms with Gasteiger partial charge in [-0.1, -0.05) is 27.2 Å². The first-order chi connectivity index (χ1) is 9.92. The van der Waals surface area contributed by atoms with Gasteiger partial charge >= 0.3 is 0 Å². The first-order valence-corrected chi connectivity index (χ1v) is 7.70. The summed E-state index contributed by atoms with van der Waals surface area (Å²) in [6.45, 7) is 6.80. The predicted molar refractivity (Wildman–Crippen MR) is 86.2 cm³/mol. The van der Waals surface area contributed by atoms with Gasteiger partial charge in [-0.2, -0.15) is 0 Å². The van der Waals surface area contributed by atoms with Crippen molar-refractivity contribution in [2.75, 3.05) is 5.32 Å². The number of rotatable bonds is 4. The number of carbonyl (C=O) groups is 1. The number of phenols is 1. The van der Waals surface area contributed by atoms with Crippen LogP contribution < -0.4 is 5.32 Å². The molecule has 1 aromatic rings. The van der Waals surface area contributed by atoms with Crippen molar-refractivity contribution in [3.8, 4) is 5.75 Å². The lowest BCUT2D eigenvalue weighted by Gasteiger charge is -2.36. The van der Waals surface area contributed by atoms with Crippen molar-refractivity contribution in [1.82, 2.24) is 0 Å². The molecule has 0 aromatic heterocycles. The number of nitrogens with one attached hydrogen (secondary N) is 1. The molecule has 1 fully saturated rings. The van der Waals surface area contributed by atoms with Crippen molar-refractivity contribution in [3.05, 3.63) is 36.0 Å². The topological polar surface area (TPSA) is 49.3 Å². The molecule has 0 saturated heterocycles. The molecular formula is C18H25NO2. The molecule has 3 heteroatoms. The molecule has 0 amide bonds. The highest BCUT2D eigenvalue weighted by molar-refractivity contribution is 5.96. The van der Waals surface area contributed by atoms with Crippen LogP contribution in [0.5, 0.6) is 5.75 Å². The Morgan fingerprint density at radius 3 is 2.62 bits per heavy atom. The monoisotopic (exact) mass is 287 g/mol. The fraction of sp³-hybridized carbons (Fsp3) is 0.500. The van der Waals surface area contributed by atoms with Crippen LogP contribution in [0.4, 0.5) is 5.69 Å². The smallest absolute Gasteiger partial charge is 0.160 e. The van der Waals surface area contributed by atoms with E-state index in [2.05, 4.69) is 26.1 Å². The zero-order chi connectivity index (χ0) is 15.5. The number of Topliss-reactive ketones (excluding diaryl/α,β-unsaturated/α-hetero) is 1. The van der Waals surface area contributed by atoms with E-state index in [-0.39, 0.29) is 16.9 Å². The predicted octanol–water partition coefficient (Wildman–Crippen LogP) is 4.49. The number of hydrogen-bond donors (Lipinski definition) is 2. The summed E-state index contributed by atoms with van der Waals surface area (Å²) >= 11 is 0. The van der Waals surface area contributed by atoms with Crippen LogP contribution in [-0.2, 0) is 4.79 Å². The Morgan fingerprint density at radius 1 is 1.33 bits per heavy atom. The molecule has 1 aliphatic carbocycles. The summed E-state index contributed by atoms with van der Waals surface area (Å²) in [7, 11) is 0. The molecule has 2 N–H and O–H groups in total. The van der Waals surface area contributed by atoms with Crippen LogP contribution in [0, 0.1) is 11.3 Å². The van der Waals surface area contributed by atoms with Crippen LogP contribution >= 0.6 is 0 Å². The van der Waals surface area contributed by atoms with Gasteiger partial charge < -0.3 is 10.4 Å². The van der Waals surface area contributed by atoms with Crippen molar-refractivity contribution in [3.63, 3.8) is 0 Å². The fourth-order valence-corrected chi connectivity index (χ4v) is 2.77. The van der Waals surface area contributed by atoms with Gasteiger partial charge in [-0.15, -0.1) is 0 Å². The lowest BCUT2D eigenvalue weighted by atomic mass is 9.68. The first kappa shape index (κ1) is 15.6. The maximum Gasteiger partial charge on any atom is 0.160 e. The Morgan fingerprint density at radius 2 is 2.00 bits per heavy atom. The minimum Gasteiger partial charge on any atom is -0.508 e. The van der Waals surface area contributed by atoms with Crippen molar-refractivity contribution in [1.29, 1.82) is 0 Å². The summed E-state index contributed by atoms with van der Waals surface area (Å²) in [5.74, 6) is 1.06. The molecular weight excluding hydrogens is 262 g/mol. The number of anilines is 1. The van der Waals surface area contributed by atoms with E-state index in [9.17, 15) is 9.90 Å². The molecule has 0 bridgehead atoms. The van der Waals surface area contributed by atoms with E-state index in [4.69, 9.17) is 0 Å². The molecule has 114 valence electrons. The highest BCUT2D eigenvalue weighted by atomic mass is 16.3. The fourth-order valence-electron chi connectivity index (χ4n) is 2.77. The Kier molecular flexibility index (Phi) is 4.71. The number of allylic oxidation sites excluding steroid dienone is 1. The lowest BCUT2D eigenvalue weighted by Crippen LogP contribution is -2.29. The first-order valence-electron chi connectivity index (χ1n) is 7.70. The van der Waals surface area contributed by atoms with E-state index < -0.39 is 0 Å². The highest BCUT2D eigenvalue weighted by Crippen LogP contribution is 2.41. The van der Waals surface area contributed by atoms with Gasteiger partial charge in [0, 0.05) is 23.9 Å². The molecule has 3 nitrogen and oxygen atoms in total. The average molecular weight is 287 g/mol. The van der Waals surface area contributed by atoms with Gasteiger partial charge in [0.05, 0.1) is 0 Å². The van der Waals surface area contributed by atoms with Gasteiger partial charge in [-0.05, 0) is 48.4 Å². The number of aromatic hydroxyl groups is 1. The van der Waals surface area contributed by atoms with Crippen LogP contribution in [-0.4, -0.2) is 10.9 Å². The summed E-state index contributed by atoms with van der Waals surface area (Å²) in [4.78, 5) is 12.1. The Bertz CT molecular complexity index is 529. The quantitative estimate of drug-likeness (QED) is 0.633. The zero-order valence-electron chi connectivity index (χ0n) is 13.1. The van der Waals surface area contributed by atoms with Crippen molar-refractivity contribution < 1.29 is 9.90 Å². The van der Waals surface area contributed by atoms with Crippen molar-refractivity contribution >= 4 is 11.5 Å². The standard InChI is InChI=1S/C18H25NO2/c1-4-18(2,3)14-5-10-17(21)13(11-14)12-19-15-6-8-16(20)9-7-15/h6-9,12,14,19-20H,4-5,10-11H2,1-3H3/b13-12+/t14-/m0/s1. The number of benzene rings is 1. The van der Waals surface area contributed by atoms with E-state index in [1.165, 1.54) is 0 Å². The maximum absolute atomic E-state index is 12.1. The molecule has 0 heterocycles. The maximum atomic E-state index is 12.1. The molecule has 0 unspecified atom stereocenters. The van der Waals surface area contributed by atoms with Gasteiger partial charge in [0.1, 0.15) is 5.75 Å². The second-order valence-electron chi connectivity index (χ2n) is 6.57. The van der Waals surface area contributed by atoms with Crippen LogP contribution in [0.15, 0.2) is 36.0 Å². The van der Waals surface area contributed by atoms with E-state index in [0.29, 0.717) is 12.3 Å². The summed E-state index contributed by atoms with van der Waals surface area (Å²) in [6, 6.07) is 6.86. The molecule has 0 spiro atoms. The molecule has 21 heavy (non-hydrogen) atoms. The van der Waals surface area contributed by atoms with Gasteiger partial charge in [-0.25, -0.2) is 0 Å². The SMILES string of the molecule is CCC(C)(C)[C@H]1CCC(=O)/C(=C/Nc2ccc(O)cc2)C1. The third-order valence-electron chi connectivity index (χ3n) is 4.84.